The van der Waals surface area contributed by atoms with Gasteiger partial charge in [0.05, 0.1) is 0 Å². The maximum Gasteiger partial charge on any atom is 0.0390 e. The fourth-order valence-corrected chi connectivity index (χ4v) is 2.16. The number of rotatable bonds is 2. The van der Waals surface area contributed by atoms with E-state index in [2.05, 4.69) is 79.0 Å². The van der Waals surface area contributed by atoms with Gasteiger partial charge in [0.1, 0.15) is 0 Å². The number of nitrogens with one attached hydrogen (secondary N) is 1. The monoisotopic (exact) mass is 233 g/mol. The molecule has 0 spiro atoms. The second-order valence-electron chi connectivity index (χ2n) is 4.56. The molecule has 0 fully saturated rings. The maximum atomic E-state index is 3.44. The van der Waals surface area contributed by atoms with E-state index in [0.29, 0.717) is 0 Å². The smallest absolute Gasteiger partial charge is 0.0390 e. The summed E-state index contributed by atoms with van der Waals surface area (Å²) in [5.74, 6) is 0. The Morgan fingerprint density at radius 3 is 2.28 bits per heavy atom. The summed E-state index contributed by atoms with van der Waals surface area (Å²) in [6.45, 7) is 2.10. The van der Waals surface area contributed by atoms with E-state index in [4.69, 9.17) is 0 Å². The zero-order valence-corrected chi connectivity index (χ0v) is 10.4. The normalized spacial score (nSPS) is 10.5. The van der Waals surface area contributed by atoms with Gasteiger partial charge in [0, 0.05) is 11.4 Å². The average molecular weight is 233 g/mol. The molecule has 18 heavy (non-hydrogen) atoms. The van der Waals surface area contributed by atoms with E-state index in [1.54, 1.807) is 0 Å². The van der Waals surface area contributed by atoms with Gasteiger partial charge in [-0.05, 0) is 47.5 Å². The molecule has 0 aliphatic heterocycles. The van der Waals surface area contributed by atoms with E-state index >= 15 is 0 Å². The summed E-state index contributed by atoms with van der Waals surface area (Å²) in [6.07, 6.45) is 0. The Labute approximate surface area is 107 Å². The third-order valence-corrected chi connectivity index (χ3v) is 3.06. The second kappa shape index (κ2) is 4.53. The maximum absolute atomic E-state index is 3.44. The highest BCUT2D eigenvalue weighted by Crippen LogP contribution is 2.22. The van der Waals surface area contributed by atoms with E-state index in [9.17, 15) is 0 Å². The Hall–Kier alpha value is -2.28. The molecule has 88 valence electrons. The van der Waals surface area contributed by atoms with Gasteiger partial charge in [-0.3, -0.25) is 0 Å². The predicted octanol–water partition coefficient (Wildman–Crippen LogP) is 4.89. The van der Waals surface area contributed by atoms with Crippen LogP contribution in [0.3, 0.4) is 0 Å². The minimum atomic E-state index is 1.12. The van der Waals surface area contributed by atoms with Crippen LogP contribution < -0.4 is 5.32 Å². The van der Waals surface area contributed by atoms with Crippen molar-refractivity contribution in [2.24, 2.45) is 0 Å². The van der Waals surface area contributed by atoms with Crippen molar-refractivity contribution in [3.63, 3.8) is 0 Å². The molecule has 3 rings (SSSR count). The molecule has 0 aliphatic carbocycles. The van der Waals surface area contributed by atoms with Crippen LogP contribution in [0.4, 0.5) is 11.4 Å². The van der Waals surface area contributed by atoms with Crippen LogP contribution in [0.1, 0.15) is 5.56 Å². The number of hydrogen-bond donors (Lipinski definition) is 1. The van der Waals surface area contributed by atoms with Crippen LogP contribution in [0.5, 0.6) is 0 Å². The lowest BCUT2D eigenvalue weighted by atomic mass is 10.1. The van der Waals surface area contributed by atoms with Crippen molar-refractivity contribution >= 4 is 22.1 Å². The standard InChI is InChI=1S/C17H15N/c1-13-5-4-8-16(11-13)18-17-10-9-14-6-2-3-7-15(14)12-17/h2-12,18H,1H3. The van der Waals surface area contributed by atoms with Crippen molar-refractivity contribution in [1.82, 2.24) is 0 Å². The molecule has 0 aromatic heterocycles. The SMILES string of the molecule is Cc1cccc(Nc2ccc3ccccc3c2)c1. The van der Waals surface area contributed by atoms with Crippen LogP contribution in [0.25, 0.3) is 10.8 Å². The summed E-state index contributed by atoms with van der Waals surface area (Å²) >= 11 is 0. The highest BCUT2D eigenvalue weighted by Gasteiger charge is 1.97. The molecule has 1 N–H and O–H groups in total. The predicted molar refractivity (Wildman–Crippen MR) is 78.4 cm³/mol. The third-order valence-electron chi connectivity index (χ3n) is 3.06. The van der Waals surface area contributed by atoms with Gasteiger partial charge < -0.3 is 5.32 Å². The van der Waals surface area contributed by atoms with Crippen LogP contribution in [0.15, 0.2) is 66.7 Å². The largest absolute Gasteiger partial charge is 0.356 e. The molecule has 0 amide bonds. The molecule has 3 aromatic carbocycles. The van der Waals surface area contributed by atoms with Gasteiger partial charge in [0.2, 0.25) is 0 Å². The molecular weight excluding hydrogens is 218 g/mol. The third kappa shape index (κ3) is 2.21. The lowest BCUT2D eigenvalue weighted by Crippen LogP contribution is -1.90. The first-order valence-electron chi connectivity index (χ1n) is 6.14. The number of benzene rings is 3. The lowest BCUT2D eigenvalue weighted by molar-refractivity contribution is 1.45. The molecule has 1 heteroatoms. The second-order valence-corrected chi connectivity index (χ2v) is 4.56. The van der Waals surface area contributed by atoms with E-state index in [-0.39, 0.29) is 0 Å². The van der Waals surface area contributed by atoms with Crippen molar-refractivity contribution in [2.45, 2.75) is 6.92 Å². The number of aryl methyl sites for hydroxylation is 1. The Kier molecular flexibility index (Phi) is 2.73. The number of fused-ring (bicyclic) bond motifs is 1. The molecule has 0 heterocycles. The van der Waals surface area contributed by atoms with Crippen LogP contribution >= 0.6 is 0 Å². The van der Waals surface area contributed by atoms with Gasteiger partial charge in [-0.25, -0.2) is 0 Å². The van der Waals surface area contributed by atoms with Gasteiger partial charge in [-0.15, -0.1) is 0 Å². The van der Waals surface area contributed by atoms with Gasteiger partial charge in [0.25, 0.3) is 0 Å². The van der Waals surface area contributed by atoms with Crippen molar-refractivity contribution in [3.05, 3.63) is 72.3 Å². The minimum absolute atomic E-state index is 1.12. The Bertz CT molecular complexity index is 686. The fraction of sp³-hybridized carbons (Fsp3) is 0.0588. The summed E-state index contributed by atoms with van der Waals surface area (Å²) in [5, 5.41) is 5.97. The molecule has 3 aromatic rings. The molecule has 0 aliphatic rings. The fourth-order valence-electron chi connectivity index (χ4n) is 2.16. The van der Waals surface area contributed by atoms with Crippen LogP contribution in [0.2, 0.25) is 0 Å². The topological polar surface area (TPSA) is 12.0 Å². The van der Waals surface area contributed by atoms with Crippen molar-refractivity contribution in [1.29, 1.82) is 0 Å². The Morgan fingerprint density at radius 1 is 0.667 bits per heavy atom. The minimum Gasteiger partial charge on any atom is -0.356 e. The van der Waals surface area contributed by atoms with Crippen LogP contribution in [0, 0.1) is 6.92 Å². The van der Waals surface area contributed by atoms with E-state index in [0.717, 1.165) is 11.4 Å². The number of hydrogen-bond acceptors (Lipinski definition) is 1. The Balaban J connectivity index is 1.95. The summed E-state index contributed by atoms with van der Waals surface area (Å²) in [7, 11) is 0. The summed E-state index contributed by atoms with van der Waals surface area (Å²) in [5.41, 5.74) is 3.52. The molecule has 0 saturated carbocycles. The first-order valence-corrected chi connectivity index (χ1v) is 6.14. The van der Waals surface area contributed by atoms with Crippen molar-refractivity contribution in [2.75, 3.05) is 5.32 Å². The molecule has 0 unspecified atom stereocenters. The number of anilines is 2. The molecular formula is C17H15N. The molecule has 0 radical (unpaired) electrons. The van der Waals surface area contributed by atoms with E-state index in [1.807, 2.05) is 0 Å². The first kappa shape index (κ1) is 10.8. The molecule has 1 nitrogen and oxygen atoms in total. The van der Waals surface area contributed by atoms with Crippen molar-refractivity contribution < 1.29 is 0 Å². The average Bonchev–Trinajstić information content (AvgIpc) is 2.39. The zero-order valence-electron chi connectivity index (χ0n) is 10.4. The van der Waals surface area contributed by atoms with Gasteiger partial charge in [0.15, 0.2) is 0 Å². The van der Waals surface area contributed by atoms with Crippen LogP contribution in [-0.4, -0.2) is 0 Å². The van der Waals surface area contributed by atoms with E-state index in [1.165, 1.54) is 16.3 Å². The first-order chi connectivity index (χ1) is 8.81. The molecule has 0 bridgehead atoms. The summed E-state index contributed by atoms with van der Waals surface area (Å²) < 4.78 is 0. The van der Waals surface area contributed by atoms with Crippen LogP contribution in [-0.2, 0) is 0 Å². The van der Waals surface area contributed by atoms with Crippen molar-refractivity contribution in [3.8, 4) is 0 Å². The Morgan fingerprint density at radius 2 is 1.44 bits per heavy atom. The highest BCUT2D eigenvalue weighted by molar-refractivity contribution is 5.86. The van der Waals surface area contributed by atoms with Gasteiger partial charge >= 0.3 is 0 Å². The van der Waals surface area contributed by atoms with E-state index < -0.39 is 0 Å². The van der Waals surface area contributed by atoms with Gasteiger partial charge in [-0.1, -0.05) is 42.5 Å². The quantitative estimate of drug-likeness (QED) is 0.664. The van der Waals surface area contributed by atoms with Gasteiger partial charge in [-0.2, -0.15) is 0 Å². The molecule has 0 saturated heterocycles. The lowest BCUT2D eigenvalue weighted by Gasteiger charge is -2.08. The molecule has 0 atom stereocenters. The summed E-state index contributed by atoms with van der Waals surface area (Å²) in [6, 6.07) is 23.2. The summed E-state index contributed by atoms with van der Waals surface area (Å²) in [4.78, 5) is 0. The zero-order chi connectivity index (χ0) is 12.4. The highest BCUT2D eigenvalue weighted by atomic mass is 14.9.